The number of Topliss-reactive ketones (excluding diaryl/α,β-unsaturated/α-hetero) is 1. The fourth-order valence-corrected chi connectivity index (χ4v) is 4.58. The molecule has 1 spiro atoms. The molecule has 0 N–H and O–H groups in total. The number of benzene rings is 2. The zero-order valence-electron chi connectivity index (χ0n) is 19.1. The number of ether oxygens (including phenoxy) is 3. The number of piperidine rings is 1. The molecule has 6 heteroatoms. The van der Waals surface area contributed by atoms with Crippen molar-refractivity contribution in [2.45, 2.75) is 38.7 Å². The van der Waals surface area contributed by atoms with Gasteiger partial charge in [0, 0.05) is 32.0 Å². The highest BCUT2D eigenvalue weighted by molar-refractivity contribution is 6.01. The fourth-order valence-electron chi connectivity index (χ4n) is 4.58. The van der Waals surface area contributed by atoms with Crippen LogP contribution in [0.3, 0.4) is 0 Å². The Labute approximate surface area is 188 Å². The number of fused-ring (bicyclic) bond motifs is 1. The maximum atomic E-state index is 12.8. The second-order valence-corrected chi connectivity index (χ2v) is 8.62. The number of aryl methyl sites for hydroxylation is 2. The average molecular weight is 436 g/mol. The van der Waals surface area contributed by atoms with Crippen molar-refractivity contribution in [1.29, 1.82) is 0 Å². The highest BCUT2D eigenvalue weighted by Gasteiger charge is 2.44. The van der Waals surface area contributed by atoms with Crippen LogP contribution in [-0.4, -0.2) is 49.5 Å². The molecule has 0 unspecified atom stereocenters. The number of carbonyl (C=O) groups is 2. The topological polar surface area (TPSA) is 65.1 Å². The number of amides is 1. The standard InChI is InChI=1S/C26H29NO5/c1-17-13-18(2)25-20(14-17)21(28)16-26(32-25)9-11-27(12-10-26)24(29)8-6-19-5-7-22(30-3)23(15-19)31-4/h5-8,13-15H,9-12,16H2,1-4H3/b8-6+. The van der Waals surface area contributed by atoms with E-state index in [0.29, 0.717) is 55.2 Å². The van der Waals surface area contributed by atoms with Crippen LogP contribution in [0, 0.1) is 13.8 Å². The van der Waals surface area contributed by atoms with Crippen LogP contribution in [0.2, 0.25) is 0 Å². The van der Waals surface area contributed by atoms with Gasteiger partial charge in [0.25, 0.3) is 0 Å². The minimum atomic E-state index is -0.520. The number of likely N-dealkylation sites (tertiary alicyclic amines) is 1. The smallest absolute Gasteiger partial charge is 0.246 e. The number of methoxy groups -OCH3 is 2. The van der Waals surface area contributed by atoms with Crippen LogP contribution in [0.5, 0.6) is 17.2 Å². The molecular weight excluding hydrogens is 406 g/mol. The predicted molar refractivity (Wildman–Crippen MR) is 123 cm³/mol. The molecule has 6 nitrogen and oxygen atoms in total. The Morgan fingerprint density at radius 1 is 1.06 bits per heavy atom. The van der Waals surface area contributed by atoms with E-state index in [4.69, 9.17) is 14.2 Å². The third-order valence-electron chi connectivity index (χ3n) is 6.33. The summed E-state index contributed by atoms with van der Waals surface area (Å²) in [5.74, 6) is 2.05. The molecule has 2 aromatic rings. The van der Waals surface area contributed by atoms with Crippen LogP contribution in [0.1, 0.15) is 46.3 Å². The molecule has 2 aliphatic rings. The Kier molecular flexibility index (Phi) is 5.96. The molecule has 0 radical (unpaired) electrons. The number of ketones is 1. The van der Waals surface area contributed by atoms with Gasteiger partial charge < -0.3 is 19.1 Å². The largest absolute Gasteiger partial charge is 0.493 e. The second kappa shape index (κ2) is 8.69. The molecule has 2 heterocycles. The number of hydrogen-bond acceptors (Lipinski definition) is 5. The summed E-state index contributed by atoms with van der Waals surface area (Å²) in [5, 5.41) is 0. The van der Waals surface area contributed by atoms with E-state index >= 15 is 0 Å². The number of carbonyl (C=O) groups excluding carboxylic acids is 2. The van der Waals surface area contributed by atoms with Crippen molar-refractivity contribution in [3.05, 3.63) is 58.7 Å². The first kappa shape index (κ1) is 21.9. The van der Waals surface area contributed by atoms with Crippen LogP contribution in [0.25, 0.3) is 6.08 Å². The van der Waals surface area contributed by atoms with Crippen molar-refractivity contribution in [3.8, 4) is 17.2 Å². The molecular formula is C26H29NO5. The quantitative estimate of drug-likeness (QED) is 0.668. The van der Waals surface area contributed by atoms with Gasteiger partial charge in [-0.2, -0.15) is 0 Å². The van der Waals surface area contributed by atoms with Crippen LogP contribution in [0.15, 0.2) is 36.4 Å². The van der Waals surface area contributed by atoms with Crippen LogP contribution in [0.4, 0.5) is 0 Å². The molecule has 0 bridgehead atoms. The van der Waals surface area contributed by atoms with Gasteiger partial charge in [-0.15, -0.1) is 0 Å². The van der Waals surface area contributed by atoms with E-state index in [-0.39, 0.29) is 11.7 Å². The Balaban J connectivity index is 1.42. The maximum Gasteiger partial charge on any atom is 0.246 e. The number of rotatable bonds is 4. The normalized spacial score (nSPS) is 17.2. The van der Waals surface area contributed by atoms with Gasteiger partial charge in [-0.05, 0) is 54.8 Å². The molecule has 0 saturated carbocycles. The molecule has 4 rings (SSSR count). The van der Waals surface area contributed by atoms with Gasteiger partial charge in [-0.1, -0.05) is 12.1 Å². The minimum absolute atomic E-state index is 0.0519. The van der Waals surface area contributed by atoms with Gasteiger partial charge in [0.05, 0.1) is 26.2 Å². The van der Waals surface area contributed by atoms with Crippen LogP contribution < -0.4 is 14.2 Å². The van der Waals surface area contributed by atoms with Gasteiger partial charge in [0.1, 0.15) is 11.4 Å². The SMILES string of the molecule is COc1ccc(/C=C/C(=O)N2CCC3(CC2)CC(=O)c2cc(C)cc(C)c2O3)cc1OC. The maximum absolute atomic E-state index is 12.8. The monoisotopic (exact) mass is 435 g/mol. The van der Waals surface area contributed by atoms with Gasteiger partial charge in [0.2, 0.25) is 5.91 Å². The van der Waals surface area contributed by atoms with Crippen molar-refractivity contribution in [1.82, 2.24) is 4.90 Å². The van der Waals surface area contributed by atoms with Gasteiger partial charge in [-0.3, -0.25) is 9.59 Å². The average Bonchev–Trinajstić information content (AvgIpc) is 2.78. The first-order valence-electron chi connectivity index (χ1n) is 10.9. The van der Waals surface area contributed by atoms with Crippen molar-refractivity contribution >= 4 is 17.8 Å². The molecule has 1 fully saturated rings. The second-order valence-electron chi connectivity index (χ2n) is 8.62. The predicted octanol–water partition coefficient (Wildman–Crippen LogP) is 4.36. The molecule has 1 saturated heterocycles. The Hall–Kier alpha value is -3.28. The molecule has 2 aromatic carbocycles. The van der Waals surface area contributed by atoms with Crippen LogP contribution >= 0.6 is 0 Å². The van der Waals surface area contributed by atoms with E-state index in [1.807, 2.05) is 49.1 Å². The first-order chi connectivity index (χ1) is 15.3. The van der Waals surface area contributed by atoms with Crippen molar-refractivity contribution in [2.75, 3.05) is 27.3 Å². The third-order valence-corrected chi connectivity index (χ3v) is 6.33. The fraction of sp³-hybridized carbons (Fsp3) is 0.385. The summed E-state index contributed by atoms with van der Waals surface area (Å²) in [4.78, 5) is 27.4. The Bertz CT molecular complexity index is 1080. The molecule has 0 aliphatic carbocycles. The third kappa shape index (κ3) is 4.22. The van der Waals surface area contributed by atoms with E-state index < -0.39 is 5.60 Å². The lowest BCUT2D eigenvalue weighted by atomic mass is 9.81. The van der Waals surface area contributed by atoms with E-state index in [1.165, 1.54) is 0 Å². The summed E-state index contributed by atoms with van der Waals surface area (Å²) in [6, 6.07) is 9.47. The molecule has 0 aromatic heterocycles. The highest BCUT2D eigenvalue weighted by Crippen LogP contribution is 2.41. The molecule has 168 valence electrons. The lowest BCUT2D eigenvalue weighted by Gasteiger charge is -2.44. The summed E-state index contributed by atoms with van der Waals surface area (Å²) in [6.45, 7) is 5.09. The van der Waals surface area contributed by atoms with Crippen LogP contribution in [-0.2, 0) is 4.79 Å². The van der Waals surface area contributed by atoms with Gasteiger partial charge in [-0.25, -0.2) is 0 Å². The summed E-state index contributed by atoms with van der Waals surface area (Å²) in [7, 11) is 3.17. The van der Waals surface area contributed by atoms with Gasteiger partial charge >= 0.3 is 0 Å². The molecule has 2 aliphatic heterocycles. The molecule has 32 heavy (non-hydrogen) atoms. The zero-order chi connectivity index (χ0) is 22.9. The summed E-state index contributed by atoms with van der Waals surface area (Å²) in [6.07, 6.45) is 5.00. The minimum Gasteiger partial charge on any atom is -0.493 e. The first-order valence-corrected chi connectivity index (χ1v) is 10.9. The van der Waals surface area contributed by atoms with E-state index in [1.54, 1.807) is 26.4 Å². The summed E-state index contributed by atoms with van der Waals surface area (Å²) >= 11 is 0. The van der Waals surface area contributed by atoms with E-state index in [9.17, 15) is 9.59 Å². The summed E-state index contributed by atoms with van der Waals surface area (Å²) < 4.78 is 17.0. The zero-order valence-corrected chi connectivity index (χ0v) is 19.1. The van der Waals surface area contributed by atoms with E-state index in [2.05, 4.69) is 0 Å². The molecule has 1 amide bonds. The van der Waals surface area contributed by atoms with Crippen molar-refractivity contribution in [2.24, 2.45) is 0 Å². The van der Waals surface area contributed by atoms with Gasteiger partial charge in [0.15, 0.2) is 17.3 Å². The Morgan fingerprint density at radius 3 is 2.47 bits per heavy atom. The number of nitrogens with zero attached hydrogens (tertiary/aromatic N) is 1. The molecule has 0 atom stereocenters. The lowest BCUT2D eigenvalue weighted by Crippen LogP contribution is -2.52. The Morgan fingerprint density at radius 2 is 1.78 bits per heavy atom. The summed E-state index contributed by atoms with van der Waals surface area (Å²) in [5.41, 5.74) is 3.07. The van der Waals surface area contributed by atoms with Crippen molar-refractivity contribution < 1.29 is 23.8 Å². The van der Waals surface area contributed by atoms with E-state index in [0.717, 1.165) is 16.7 Å². The lowest BCUT2D eigenvalue weighted by molar-refractivity contribution is -0.129. The van der Waals surface area contributed by atoms with Crippen molar-refractivity contribution in [3.63, 3.8) is 0 Å². The number of hydrogen-bond donors (Lipinski definition) is 0. The highest BCUT2D eigenvalue weighted by atomic mass is 16.5.